The van der Waals surface area contributed by atoms with Crippen molar-refractivity contribution >= 4 is 11.8 Å². The van der Waals surface area contributed by atoms with Crippen LogP contribution < -0.4 is 4.90 Å². The molecule has 0 radical (unpaired) electrons. The Morgan fingerprint density at radius 1 is 1.00 bits per heavy atom. The molecule has 0 aliphatic carbocycles. The molecular weight excluding hydrogens is 232 g/mol. The summed E-state index contributed by atoms with van der Waals surface area (Å²) in [4.78, 5) is 2.17. The number of hydrogen-bond donors (Lipinski definition) is 0. The zero-order valence-corrected chi connectivity index (χ0v) is 10.5. The van der Waals surface area contributed by atoms with Crippen molar-refractivity contribution in [2.45, 2.75) is 12.5 Å². The Morgan fingerprint density at radius 2 is 1.74 bits per heavy atom. The quantitative estimate of drug-likeness (QED) is 0.796. The highest BCUT2D eigenvalue weighted by atomic mass is 15.1. The third-order valence-electron chi connectivity index (χ3n) is 3.44. The van der Waals surface area contributed by atoms with Crippen LogP contribution >= 0.6 is 0 Å². The lowest BCUT2D eigenvalue weighted by Gasteiger charge is -2.33. The molecule has 0 fully saturated rings. The monoisotopic (exact) mass is 246 g/mol. The second-order valence-electron chi connectivity index (χ2n) is 4.57. The number of hydrogen-bond acceptors (Lipinski definition) is 2. The molecule has 2 aromatic carbocycles. The highest BCUT2D eigenvalue weighted by Gasteiger charge is 2.23. The van der Waals surface area contributed by atoms with Gasteiger partial charge in [0.1, 0.15) is 0 Å². The summed E-state index contributed by atoms with van der Waals surface area (Å²) in [5.41, 5.74) is 3.54. The fourth-order valence-corrected chi connectivity index (χ4v) is 2.54. The van der Waals surface area contributed by atoms with Gasteiger partial charge in [0, 0.05) is 11.9 Å². The SMILES string of the molecule is N#CC[C@@H]1c2ccccc2C=CN1c1ccccc1. The highest BCUT2D eigenvalue weighted by Crippen LogP contribution is 2.35. The van der Waals surface area contributed by atoms with Crippen LogP contribution in [0.2, 0.25) is 0 Å². The van der Waals surface area contributed by atoms with Crippen molar-refractivity contribution in [1.29, 1.82) is 5.26 Å². The first-order valence-electron chi connectivity index (χ1n) is 6.37. The van der Waals surface area contributed by atoms with Gasteiger partial charge in [-0.25, -0.2) is 0 Å². The van der Waals surface area contributed by atoms with Gasteiger partial charge in [0.15, 0.2) is 0 Å². The first-order valence-corrected chi connectivity index (χ1v) is 6.37. The first-order chi connectivity index (χ1) is 9.40. The van der Waals surface area contributed by atoms with Gasteiger partial charge in [-0.2, -0.15) is 5.26 Å². The van der Waals surface area contributed by atoms with Crippen LogP contribution in [0.5, 0.6) is 0 Å². The fourth-order valence-electron chi connectivity index (χ4n) is 2.54. The zero-order valence-electron chi connectivity index (χ0n) is 10.5. The standard InChI is InChI=1S/C17H14N2/c18-12-10-17-16-9-5-4-6-14(16)11-13-19(17)15-7-2-1-3-8-15/h1-9,11,13,17H,10H2/t17-/m1/s1. The molecule has 1 aliphatic rings. The van der Waals surface area contributed by atoms with Gasteiger partial charge in [-0.05, 0) is 29.3 Å². The molecular formula is C17H14N2. The summed E-state index contributed by atoms with van der Waals surface area (Å²) >= 11 is 0. The van der Waals surface area contributed by atoms with Crippen LogP contribution in [0.3, 0.4) is 0 Å². The molecule has 0 N–H and O–H groups in total. The van der Waals surface area contributed by atoms with Crippen LogP contribution in [-0.4, -0.2) is 0 Å². The van der Waals surface area contributed by atoms with E-state index in [1.165, 1.54) is 11.1 Å². The first kappa shape index (κ1) is 11.6. The smallest absolute Gasteiger partial charge is 0.0721 e. The van der Waals surface area contributed by atoms with Crippen molar-refractivity contribution in [1.82, 2.24) is 0 Å². The van der Waals surface area contributed by atoms with Crippen molar-refractivity contribution in [3.8, 4) is 6.07 Å². The summed E-state index contributed by atoms with van der Waals surface area (Å²) < 4.78 is 0. The largest absolute Gasteiger partial charge is 0.339 e. The van der Waals surface area contributed by atoms with Crippen LogP contribution in [0.4, 0.5) is 5.69 Å². The lowest BCUT2D eigenvalue weighted by atomic mass is 9.94. The van der Waals surface area contributed by atoms with Gasteiger partial charge in [0.25, 0.3) is 0 Å². The highest BCUT2D eigenvalue weighted by molar-refractivity contribution is 5.66. The number of rotatable bonds is 2. The molecule has 0 saturated carbocycles. The number of benzene rings is 2. The second kappa shape index (κ2) is 4.99. The minimum atomic E-state index is 0.0913. The summed E-state index contributed by atoms with van der Waals surface area (Å²) in [6.45, 7) is 0. The molecule has 2 nitrogen and oxygen atoms in total. The van der Waals surface area contributed by atoms with Gasteiger partial charge in [0.05, 0.1) is 18.5 Å². The third kappa shape index (κ3) is 2.11. The fraction of sp³-hybridized carbons (Fsp3) is 0.118. The summed E-state index contributed by atoms with van der Waals surface area (Å²) in [6, 6.07) is 20.9. The average molecular weight is 246 g/mol. The Balaban J connectivity index is 2.06. The Morgan fingerprint density at radius 3 is 2.53 bits per heavy atom. The van der Waals surface area contributed by atoms with Crippen molar-refractivity contribution in [2.75, 3.05) is 4.90 Å². The predicted octanol–water partition coefficient (Wildman–Crippen LogP) is 4.13. The summed E-state index contributed by atoms with van der Waals surface area (Å²) in [5.74, 6) is 0. The zero-order chi connectivity index (χ0) is 13.1. The Bertz CT molecular complexity index is 638. The molecule has 3 rings (SSSR count). The number of nitrogens with zero attached hydrogens (tertiary/aromatic N) is 2. The second-order valence-corrected chi connectivity index (χ2v) is 4.57. The van der Waals surface area contributed by atoms with Crippen LogP contribution in [-0.2, 0) is 0 Å². The molecule has 0 spiro atoms. The van der Waals surface area contributed by atoms with Crippen LogP contribution in [0, 0.1) is 11.3 Å². The van der Waals surface area contributed by atoms with Crippen LogP contribution in [0.1, 0.15) is 23.6 Å². The number of fused-ring (bicyclic) bond motifs is 1. The van der Waals surface area contributed by atoms with Crippen LogP contribution in [0.15, 0.2) is 60.8 Å². The van der Waals surface area contributed by atoms with Gasteiger partial charge in [0.2, 0.25) is 0 Å². The normalized spacial score (nSPS) is 16.8. The van der Waals surface area contributed by atoms with Gasteiger partial charge in [-0.15, -0.1) is 0 Å². The van der Waals surface area contributed by atoms with E-state index >= 15 is 0 Å². The number of anilines is 1. The Labute approximate surface area is 113 Å². The topological polar surface area (TPSA) is 27.0 Å². The molecule has 1 atom stereocenters. The lowest BCUT2D eigenvalue weighted by Crippen LogP contribution is -2.25. The molecule has 0 amide bonds. The molecule has 1 aliphatic heterocycles. The molecule has 19 heavy (non-hydrogen) atoms. The van der Waals surface area contributed by atoms with E-state index in [0.717, 1.165) is 5.69 Å². The van der Waals surface area contributed by atoms with E-state index in [-0.39, 0.29) is 6.04 Å². The number of para-hydroxylation sites is 1. The molecule has 0 bridgehead atoms. The van der Waals surface area contributed by atoms with Gasteiger partial charge in [-0.3, -0.25) is 0 Å². The maximum absolute atomic E-state index is 9.11. The van der Waals surface area contributed by atoms with Crippen molar-refractivity contribution in [3.63, 3.8) is 0 Å². The average Bonchev–Trinajstić information content (AvgIpc) is 2.49. The van der Waals surface area contributed by atoms with E-state index in [1.807, 2.05) is 30.3 Å². The maximum atomic E-state index is 9.11. The Hall–Kier alpha value is -2.53. The van der Waals surface area contributed by atoms with E-state index in [2.05, 4.69) is 47.5 Å². The van der Waals surface area contributed by atoms with Gasteiger partial charge < -0.3 is 4.90 Å². The molecule has 2 aromatic rings. The molecule has 0 aromatic heterocycles. The van der Waals surface area contributed by atoms with Crippen molar-refractivity contribution in [3.05, 3.63) is 71.9 Å². The van der Waals surface area contributed by atoms with E-state index in [1.54, 1.807) is 0 Å². The predicted molar refractivity (Wildman–Crippen MR) is 77.4 cm³/mol. The molecule has 2 heteroatoms. The maximum Gasteiger partial charge on any atom is 0.0721 e. The van der Waals surface area contributed by atoms with Crippen molar-refractivity contribution < 1.29 is 0 Å². The molecule has 0 saturated heterocycles. The lowest BCUT2D eigenvalue weighted by molar-refractivity contribution is 0.703. The minimum Gasteiger partial charge on any atom is -0.339 e. The Kier molecular flexibility index (Phi) is 3.04. The molecule has 92 valence electrons. The summed E-state index contributed by atoms with van der Waals surface area (Å²) in [7, 11) is 0. The van der Waals surface area contributed by atoms with E-state index in [9.17, 15) is 0 Å². The molecule has 0 unspecified atom stereocenters. The summed E-state index contributed by atoms with van der Waals surface area (Å²) in [6.07, 6.45) is 4.66. The van der Waals surface area contributed by atoms with E-state index in [4.69, 9.17) is 5.26 Å². The van der Waals surface area contributed by atoms with E-state index in [0.29, 0.717) is 6.42 Å². The van der Waals surface area contributed by atoms with E-state index < -0.39 is 0 Å². The van der Waals surface area contributed by atoms with Gasteiger partial charge in [-0.1, -0.05) is 42.5 Å². The summed E-state index contributed by atoms with van der Waals surface area (Å²) in [5, 5.41) is 9.11. The van der Waals surface area contributed by atoms with Crippen LogP contribution in [0.25, 0.3) is 6.08 Å². The minimum absolute atomic E-state index is 0.0913. The third-order valence-corrected chi connectivity index (χ3v) is 3.44. The number of nitriles is 1. The van der Waals surface area contributed by atoms with Crippen molar-refractivity contribution in [2.24, 2.45) is 0 Å². The molecule has 1 heterocycles. The van der Waals surface area contributed by atoms with Gasteiger partial charge >= 0.3 is 0 Å².